The van der Waals surface area contributed by atoms with Gasteiger partial charge in [-0.1, -0.05) is 6.07 Å². The molecular formula is C22H24F3N7O2. The highest BCUT2D eigenvalue weighted by atomic mass is 19.4. The number of likely N-dealkylation sites (N-methyl/N-ethyl adjacent to an activating group) is 1. The number of amides is 2. The Morgan fingerprint density at radius 3 is 2.50 bits per heavy atom. The Kier molecular flexibility index (Phi) is 6.42. The molecule has 1 aliphatic rings. The second kappa shape index (κ2) is 9.29. The van der Waals surface area contributed by atoms with Crippen LogP contribution in [0.2, 0.25) is 0 Å². The first-order valence-electron chi connectivity index (χ1n) is 10.6. The van der Waals surface area contributed by atoms with Gasteiger partial charge in [-0.2, -0.15) is 18.3 Å². The van der Waals surface area contributed by atoms with Gasteiger partial charge in [0.2, 0.25) is 5.91 Å². The van der Waals surface area contributed by atoms with E-state index in [1.54, 1.807) is 35.0 Å². The molecule has 1 fully saturated rings. The summed E-state index contributed by atoms with van der Waals surface area (Å²) in [7, 11) is 3.66. The third-order valence-corrected chi connectivity index (χ3v) is 5.63. The van der Waals surface area contributed by atoms with E-state index in [0.717, 1.165) is 25.2 Å². The number of nitrogens with one attached hydrogen (secondary N) is 2. The van der Waals surface area contributed by atoms with E-state index < -0.39 is 17.8 Å². The lowest BCUT2D eigenvalue weighted by molar-refractivity contribution is -0.141. The molecule has 4 rings (SSSR count). The van der Waals surface area contributed by atoms with Crippen molar-refractivity contribution in [1.29, 1.82) is 0 Å². The predicted octanol–water partition coefficient (Wildman–Crippen LogP) is 2.52. The van der Waals surface area contributed by atoms with Crippen molar-refractivity contribution in [3.8, 4) is 0 Å². The van der Waals surface area contributed by atoms with Crippen LogP contribution in [0.25, 0.3) is 10.9 Å². The molecule has 9 nitrogen and oxygen atoms in total. The van der Waals surface area contributed by atoms with Crippen LogP contribution in [0.5, 0.6) is 0 Å². The predicted molar refractivity (Wildman–Crippen MR) is 121 cm³/mol. The topological polar surface area (TPSA) is 95.4 Å². The molecule has 0 radical (unpaired) electrons. The number of halogens is 3. The van der Waals surface area contributed by atoms with Gasteiger partial charge < -0.3 is 20.4 Å². The van der Waals surface area contributed by atoms with E-state index in [1.165, 1.54) is 6.07 Å². The van der Waals surface area contributed by atoms with Crippen LogP contribution in [0.4, 0.5) is 24.5 Å². The molecule has 1 aromatic carbocycles. The van der Waals surface area contributed by atoms with Crippen molar-refractivity contribution in [1.82, 2.24) is 24.6 Å². The molecule has 2 N–H and O–H groups in total. The highest BCUT2D eigenvalue weighted by molar-refractivity contribution is 6.06. The Morgan fingerprint density at radius 1 is 1.09 bits per heavy atom. The van der Waals surface area contributed by atoms with Gasteiger partial charge in [0.15, 0.2) is 0 Å². The van der Waals surface area contributed by atoms with Crippen molar-refractivity contribution in [3.63, 3.8) is 0 Å². The largest absolute Gasteiger partial charge is 0.433 e. The molecule has 2 amide bonds. The summed E-state index contributed by atoms with van der Waals surface area (Å²) in [5, 5.41) is 10.7. The Balaban J connectivity index is 1.53. The lowest BCUT2D eigenvalue weighted by atomic mass is 10.2. The maximum absolute atomic E-state index is 12.9. The highest BCUT2D eigenvalue weighted by Gasteiger charge is 2.33. The third kappa shape index (κ3) is 5.11. The van der Waals surface area contributed by atoms with Crippen LogP contribution in [0.3, 0.4) is 0 Å². The number of benzene rings is 1. The van der Waals surface area contributed by atoms with E-state index in [-0.39, 0.29) is 18.1 Å². The van der Waals surface area contributed by atoms with Gasteiger partial charge in [0.05, 0.1) is 16.9 Å². The summed E-state index contributed by atoms with van der Waals surface area (Å²) < 4.78 is 40.4. The summed E-state index contributed by atoms with van der Waals surface area (Å²) in [6.07, 6.45) is -2.96. The second-order valence-electron chi connectivity index (χ2n) is 8.08. The van der Waals surface area contributed by atoms with Crippen LogP contribution in [-0.2, 0) is 17.5 Å². The molecule has 180 valence electrons. The van der Waals surface area contributed by atoms with Crippen LogP contribution in [-0.4, -0.2) is 76.7 Å². The van der Waals surface area contributed by atoms with Crippen molar-refractivity contribution in [3.05, 3.63) is 47.9 Å². The average Bonchev–Trinajstić information content (AvgIpc) is 3.19. The Morgan fingerprint density at radius 2 is 1.82 bits per heavy atom. The number of aromatic nitrogens is 3. The first-order valence-corrected chi connectivity index (χ1v) is 10.6. The standard InChI is InChI=1S/C22H24F3N7O2/c1-26-17-11-16-14(12-32(29-16)13-20(33)31-8-6-30(2)7-9-31)10-18(17)28-21(34)15-4-3-5-19(27-15)22(23,24)25/h3-5,10-12,26H,6-9,13H2,1-2H3,(H,28,34). The van der Waals surface area contributed by atoms with E-state index in [1.807, 2.05) is 7.05 Å². The summed E-state index contributed by atoms with van der Waals surface area (Å²) >= 11 is 0. The molecule has 2 aromatic heterocycles. The molecule has 0 bridgehead atoms. The number of fused-ring (bicyclic) bond motifs is 1. The lowest BCUT2D eigenvalue weighted by Crippen LogP contribution is -2.48. The first kappa shape index (κ1) is 23.5. The van der Waals surface area contributed by atoms with Crippen LogP contribution >= 0.6 is 0 Å². The summed E-state index contributed by atoms with van der Waals surface area (Å²) in [6, 6.07) is 6.50. The van der Waals surface area contributed by atoms with E-state index in [0.29, 0.717) is 35.4 Å². The number of piperazine rings is 1. The van der Waals surface area contributed by atoms with E-state index >= 15 is 0 Å². The Labute approximate surface area is 193 Å². The minimum Gasteiger partial charge on any atom is -0.386 e. The van der Waals surface area contributed by atoms with Crippen LogP contribution < -0.4 is 10.6 Å². The van der Waals surface area contributed by atoms with E-state index in [9.17, 15) is 22.8 Å². The molecule has 0 spiro atoms. The summed E-state index contributed by atoms with van der Waals surface area (Å²) in [5.41, 5.74) is -0.0282. The number of rotatable bonds is 5. The molecule has 1 aliphatic heterocycles. The number of anilines is 2. The number of nitrogens with zero attached hydrogens (tertiary/aromatic N) is 5. The molecular weight excluding hydrogens is 451 g/mol. The van der Waals surface area contributed by atoms with Gasteiger partial charge in [0.25, 0.3) is 5.91 Å². The van der Waals surface area contributed by atoms with Gasteiger partial charge in [-0.25, -0.2) is 4.98 Å². The molecule has 0 saturated carbocycles. The van der Waals surface area contributed by atoms with Crippen LogP contribution in [0, 0.1) is 0 Å². The summed E-state index contributed by atoms with van der Waals surface area (Å²) in [4.78, 5) is 32.6. The van der Waals surface area contributed by atoms with Crippen molar-refractivity contribution < 1.29 is 22.8 Å². The highest BCUT2D eigenvalue weighted by Crippen LogP contribution is 2.29. The molecule has 34 heavy (non-hydrogen) atoms. The smallest absolute Gasteiger partial charge is 0.386 e. The Hall–Kier alpha value is -3.67. The fourth-order valence-electron chi connectivity index (χ4n) is 3.71. The van der Waals surface area contributed by atoms with Crippen LogP contribution in [0.1, 0.15) is 16.2 Å². The zero-order chi connectivity index (χ0) is 24.5. The molecule has 3 heterocycles. The van der Waals surface area contributed by atoms with Gasteiger partial charge in [-0.15, -0.1) is 0 Å². The first-order chi connectivity index (χ1) is 16.1. The SMILES string of the molecule is CNc1cc2nn(CC(=O)N3CCN(C)CC3)cc2cc1NC(=O)c1cccc(C(F)(F)F)n1. The number of hydrogen-bond acceptors (Lipinski definition) is 6. The molecule has 0 atom stereocenters. The second-order valence-corrected chi connectivity index (χ2v) is 8.08. The van der Waals surface area contributed by atoms with Gasteiger partial charge in [0.1, 0.15) is 17.9 Å². The zero-order valence-electron chi connectivity index (χ0n) is 18.7. The average molecular weight is 475 g/mol. The van der Waals surface area contributed by atoms with Gasteiger partial charge in [0, 0.05) is 44.8 Å². The maximum Gasteiger partial charge on any atom is 0.433 e. The number of hydrogen-bond donors (Lipinski definition) is 2. The zero-order valence-corrected chi connectivity index (χ0v) is 18.7. The molecule has 3 aromatic rings. The van der Waals surface area contributed by atoms with Crippen molar-refractivity contribution in [2.45, 2.75) is 12.7 Å². The quantitative estimate of drug-likeness (QED) is 0.589. The van der Waals surface area contributed by atoms with Gasteiger partial charge in [-0.05, 0) is 31.3 Å². The fourth-order valence-corrected chi connectivity index (χ4v) is 3.71. The number of carbonyl (C=O) groups excluding carboxylic acids is 2. The van der Waals surface area contributed by atoms with Crippen molar-refractivity contribution >= 4 is 34.1 Å². The van der Waals surface area contributed by atoms with E-state index in [4.69, 9.17) is 0 Å². The van der Waals surface area contributed by atoms with Crippen molar-refractivity contribution in [2.75, 3.05) is 50.9 Å². The van der Waals surface area contributed by atoms with E-state index in [2.05, 4.69) is 25.6 Å². The van der Waals surface area contributed by atoms with Crippen LogP contribution in [0.15, 0.2) is 36.5 Å². The van der Waals surface area contributed by atoms with Gasteiger partial charge >= 0.3 is 6.18 Å². The normalized spacial score (nSPS) is 14.9. The molecule has 12 heteroatoms. The minimum absolute atomic E-state index is 0.0288. The molecule has 0 aliphatic carbocycles. The van der Waals surface area contributed by atoms with Crippen molar-refractivity contribution in [2.24, 2.45) is 0 Å². The van der Waals surface area contributed by atoms with Gasteiger partial charge in [-0.3, -0.25) is 14.3 Å². The maximum atomic E-state index is 12.9. The number of carbonyl (C=O) groups is 2. The minimum atomic E-state index is -4.65. The fraction of sp³-hybridized carbons (Fsp3) is 0.364. The monoisotopic (exact) mass is 475 g/mol. The third-order valence-electron chi connectivity index (χ3n) is 5.63. The summed E-state index contributed by atoms with van der Waals surface area (Å²) in [5.74, 6) is -0.807. The number of pyridine rings is 1. The number of alkyl halides is 3. The molecule has 1 saturated heterocycles. The molecule has 0 unspecified atom stereocenters. The Bertz CT molecular complexity index is 1220. The summed E-state index contributed by atoms with van der Waals surface area (Å²) in [6.45, 7) is 3.06. The lowest BCUT2D eigenvalue weighted by Gasteiger charge is -2.32.